The van der Waals surface area contributed by atoms with Crippen LogP contribution in [0.3, 0.4) is 0 Å². The number of hydrogen-bond acceptors (Lipinski definition) is 2. The first-order chi connectivity index (χ1) is 8.04. The summed E-state index contributed by atoms with van der Waals surface area (Å²) in [5, 5.41) is 0.615. The monoisotopic (exact) mass is 254 g/mol. The molecule has 0 radical (unpaired) electrons. The molecule has 0 spiro atoms. The van der Waals surface area contributed by atoms with Gasteiger partial charge in [-0.1, -0.05) is 37.9 Å². The summed E-state index contributed by atoms with van der Waals surface area (Å²) in [4.78, 5) is 12.0. The molecule has 2 unspecified atom stereocenters. The van der Waals surface area contributed by atoms with Crippen LogP contribution in [0.5, 0.6) is 5.75 Å². The van der Waals surface area contributed by atoms with Crippen LogP contribution in [0.15, 0.2) is 24.3 Å². The number of ketones is 1. The quantitative estimate of drug-likeness (QED) is 0.764. The maximum absolute atomic E-state index is 12.0. The van der Waals surface area contributed by atoms with Gasteiger partial charge in [-0.25, -0.2) is 0 Å². The van der Waals surface area contributed by atoms with Crippen LogP contribution in [0.4, 0.5) is 0 Å². The van der Waals surface area contributed by atoms with E-state index < -0.39 is 6.10 Å². The van der Waals surface area contributed by atoms with E-state index >= 15 is 0 Å². The summed E-state index contributed by atoms with van der Waals surface area (Å²) in [6.07, 6.45) is 1.49. The van der Waals surface area contributed by atoms with Crippen molar-refractivity contribution < 1.29 is 9.53 Å². The summed E-state index contributed by atoms with van der Waals surface area (Å²) < 4.78 is 5.59. The second-order valence-electron chi connectivity index (χ2n) is 4.31. The molecule has 0 amide bonds. The number of benzene rings is 1. The van der Waals surface area contributed by atoms with Crippen LogP contribution in [-0.4, -0.2) is 11.9 Å². The highest BCUT2D eigenvalue weighted by Gasteiger charge is 2.20. The summed E-state index contributed by atoms with van der Waals surface area (Å²) in [5.74, 6) is 0.836. The highest BCUT2D eigenvalue weighted by molar-refractivity contribution is 6.30. The van der Waals surface area contributed by atoms with Crippen molar-refractivity contribution in [2.24, 2.45) is 5.92 Å². The predicted octanol–water partition coefficient (Wildman–Crippen LogP) is 4.11. The molecular weight excluding hydrogens is 236 g/mol. The van der Waals surface area contributed by atoms with Crippen molar-refractivity contribution in [3.63, 3.8) is 0 Å². The van der Waals surface area contributed by atoms with E-state index in [1.807, 2.05) is 13.0 Å². The Balaban J connectivity index is 2.59. The Kier molecular flexibility index (Phi) is 5.49. The molecule has 0 saturated heterocycles. The third kappa shape index (κ3) is 4.39. The fraction of sp³-hybridized carbons (Fsp3) is 0.500. The Morgan fingerprint density at radius 1 is 1.41 bits per heavy atom. The number of Topliss-reactive ketones (excluding diaryl/α,β-unsaturated/α-hetero) is 1. The van der Waals surface area contributed by atoms with Crippen LogP contribution in [0.25, 0.3) is 0 Å². The third-order valence-corrected chi connectivity index (χ3v) is 2.95. The Morgan fingerprint density at radius 3 is 2.71 bits per heavy atom. The Bertz CT molecular complexity index is 376. The number of ether oxygens (including phenoxy) is 1. The first kappa shape index (κ1) is 14.0. The fourth-order valence-corrected chi connectivity index (χ4v) is 1.96. The molecule has 3 heteroatoms. The Morgan fingerprint density at radius 2 is 2.12 bits per heavy atom. The van der Waals surface area contributed by atoms with Gasteiger partial charge in [0.1, 0.15) is 5.75 Å². The first-order valence-corrected chi connectivity index (χ1v) is 6.38. The second kappa shape index (κ2) is 6.65. The topological polar surface area (TPSA) is 26.3 Å². The van der Waals surface area contributed by atoms with Gasteiger partial charge in [0, 0.05) is 10.9 Å². The Hall–Kier alpha value is -1.02. The standard InChI is InChI=1S/C14H19ClO2/c1-4-6-10(2)14(16)11(3)17-13-8-5-7-12(15)9-13/h5,7-11H,4,6H2,1-3H3. The predicted molar refractivity (Wildman–Crippen MR) is 70.6 cm³/mol. The molecule has 0 aliphatic rings. The van der Waals surface area contributed by atoms with Gasteiger partial charge >= 0.3 is 0 Å². The summed E-state index contributed by atoms with van der Waals surface area (Å²) in [5.41, 5.74) is 0. The van der Waals surface area contributed by atoms with E-state index in [0.717, 1.165) is 12.8 Å². The van der Waals surface area contributed by atoms with Gasteiger partial charge in [-0.05, 0) is 31.5 Å². The number of carbonyl (C=O) groups excluding carboxylic acids is 1. The van der Waals surface area contributed by atoms with Gasteiger partial charge in [0.05, 0.1) is 0 Å². The zero-order chi connectivity index (χ0) is 12.8. The van der Waals surface area contributed by atoms with E-state index in [-0.39, 0.29) is 11.7 Å². The molecule has 1 aromatic rings. The SMILES string of the molecule is CCCC(C)C(=O)C(C)Oc1cccc(Cl)c1. The number of carbonyl (C=O) groups is 1. The summed E-state index contributed by atoms with van der Waals surface area (Å²) >= 11 is 5.86. The largest absolute Gasteiger partial charge is 0.483 e. The van der Waals surface area contributed by atoms with Gasteiger partial charge in [-0.2, -0.15) is 0 Å². The van der Waals surface area contributed by atoms with Crippen LogP contribution >= 0.6 is 11.6 Å². The van der Waals surface area contributed by atoms with Crippen LogP contribution in [-0.2, 0) is 4.79 Å². The van der Waals surface area contributed by atoms with Crippen molar-refractivity contribution in [1.82, 2.24) is 0 Å². The number of halogens is 1. The molecule has 2 atom stereocenters. The van der Waals surface area contributed by atoms with E-state index in [2.05, 4.69) is 6.92 Å². The van der Waals surface area contributed by atoms with Crippen LogP contribution in [0.2, 0.25) is 5.02 Å². The average molecular weight is 255 g/mol. The summed E-state index contributed by atoms with van der Waals surface area (Å²) in [6.45, 7) is 5.81. The smallest absolute Gasteiger partial charge is 0.175 e. The van der Waals surface area contributed by atoms with Gasteiger partial charge in [-0.15, -0.1) is 0 Å². The lowest BCUT2D eigenvalue weighted by atomic mass is 9.98. The molecule has 0 heterocycles. The molecule has 17 heavy (non-hydrogen) atoms. The van der Waals surface area contributed by atoms with E-state index in [4.69, 9.17) is 16.3 Å². The van der Waals surface area contributed by atoms with Crippen LogP contribution < -0.4 is 4.74 Å². The van der Waals surface area contributed by atoms with Crippen LogP contribution in [0.1, 0.15) is 33.6 Å². The maximum Gasteiger partial charge on any atom is 0.175 e. The molecule has 0 aliphatic carbocycles. The molecule has 94 valence electrons. The summed E-state index contributed by atoms with van der Waals surface area (Å²) in [7, 11) is 0. The van der Waals surface area contributed by atoms with Crippen molar-refractivity contribution in [2.45, 2.75) is 39.7 Å². The van der Waals surface area contributed by atoms with Gasteiger partial charge in [0.2, 0.25) is 0 Å². The highest BCUT2D eigenvalue weighted by Crippen LogP contribution is 2.20. The molecule has 0 saturated carbocycles. The van der Waals surface area contributed by atoms with E-state index in [1.165, 1.54) is 0 Å². The van der Waals surface area contributed by atoms with E-state index in [9.17, 15) is 4.79 Å². The maximum atomic E-state index is 12.0. The van der Waals surface area contributed by atoms with Gasteiger partial charge < -0.3 is 4.74 Å². The normalized spacial score (nSPS) is 14.1. The zero-order valence-electron chi connectivity index (χ0n) is 10.6. The molecule has 0 aliphatic heterocycles. The van der Waals surface area contributed by atoms with Crippen molar-refractivity contribution in [2.75, 3.05) is 0 Å². The fourth-order valence-electron chi connectivity index (χ4n) is 1.78. The van der Waals surface area contributed by atoms with Crippen molar-refractivity contribution in [3.8, 4) is 5.75 Å². The first-order valence-electron chi connectivity index (χ1n) is 6.00. The number of rotatable bonds is 6. The molecule has 2 nitrogen and oxygen atoms in total. The van der Waals surface area contributed by atoms with Crippen molar-refractivity contribution >= 4 is 17.4 Å². The lowest BCUT2D eigenvalue weighted by Gasteiger charge is -2.17. The molecule has 0 N–H and O–H groups in total. The lowest BCUT2D eigenvalue weighted by molar-refractivity contribution is -0.128. The minimum atomic E-state index is -0.421. The van der Waals surface area contributed by atoms with Crippen molar-refractivity contribution in [3.05, 3.63) is 29.3 Å². The number of hydrogen-bond donors (Lipinski definition) is 0. The summed E-state index contributed by atoms with van der Waals surface area (Å²) in [6, 6.07) is 7.11. The minimum Gasteiger partial charge on any atom is -0.483 e. The van der Waals surface area contributed by atoms with Crippen LogP contribution in [0, 0.1) is 5.92 Å². The van der Waals surface area contributed by atoms with Gasteiger partial charge in [0.25, 0.3) is 0 Å². The lowest BCUT2D eigenvalue weighted by Crippen LogP contribution is -2.29. The second-order valence-corrected chi connectivity index (χ2v) is 4.75. The molecule has 0 bridgehead atoms. The third-order valence-electron chi connectivity index (χ3n) is 2.72. The molecule has 0 fully saturated rings. The van der Waals surface area contributed by atoms with Gasteiger partial charge in [-0.3, -0.25) is 4.79 Å². The molecular formula is C14H19ClO2. The Labute approximate surface area is 108 Å². The average Bonchev–Trinajstić information content (AvgIpc) is 2.28. The molecule has 0 aromatic heterocycles. The zero-order valence-corrected chi connectivity index (χ0v) is 11.3. The molecule has 1 aromatic carbocycles. The van der Waals surface area contributed by atoms with E-state index in [1.54, 1.807) is 25.1 Å². The molecule has 1 rings (SSSR count). The van der Waals surface area contributed by atoms with Crippen molar-refractivity contribution in [1.29, 1.82) is 0 Å². The van der Waals surface area contributed by atoms with E-state index in [0.29, 0.717) is 10.8 Å². The highest BCUT2D eigenvalue weighted by atomic mass is 35.5. The minimum absolute atomic E-state index is 0.0502. The van der Waals surface area contributed by atoms with Gasteiger partial charge in [0.15, 0.2) is 11.9 Å².